The van der Waals surface area contributed by atoms with Crippen LogP contribution in [0.2, 0.25) is 0 Å². The Morgan fingerprint density at radius 3 is 2.53 bits per heavy atom. The maximum Gasteiger partial charge on any atom is 0.253 e. The van der Waals surface area contributed by atoms with E-state index in [1.54, 1.807) is 50.9 Å². The molecule has 0 spiro atoms. The lowest BCUT2D eigenvalue weighted by Crippen LogP contribution is -2.42. The van der Waals surface area contributed by atoms with Crippen molar-refractivity contribution in [3.63, 3.8) is 0 Å². The Labute approximate surface area is 217 Å². The summed E-state index contributed by atoms with van der Waals surface area (Å²) in [5.41, 5.74) is 3.30. The SMILES string of the molecule is CC1C(=O)N(c2ccc3c(cnn3-c3ccc(F)cc3)c2)C(c2ccn(C)n2)C1NC(=O)c1cccnc1. The molecule has 1 fully saturated rings. The van der Waals surface area contributed by atoms with Crippen LogP contribution in [-0.4, -0.2) is 42.4 Å². The zero-order valence-corrected chi connectivity index (χ0v) is 20.7. The van der Waals surface area contributed by atoms with Crippen molar-refractivity contribution in [1.82, 2.24) is 29.9 Å². The summed E-state index contributed by atoms with van der Waals surface area (Å²) in [6.07, 6.45) is 6.63. The molecule has 0 aliphatic carbocycles. The first kappa shape index (κ1) is 23.5. The van der Waals surface area contributed by atoms with E-state index < -0.39 is 18.0 Å². The molecule has 1 N–H and O–H groups in total. The maximum atomic E-state index is 13.7. The highest BCUT2D eigenvalue weighted by molar-refractivity contribution is 6.02. The van der Waals surface area contributed by atoms with Crippen LogP contribution < -0.4 is 10.2 Å². The number of anilines is 1. The van der Waals surface area contributed by atoms with Gasteiger partial charge in [-0.05, 0) is 60.7 Å². The number of hydrogen-bond acceptors (Lipinski definition) is 5. The fraction of sp³-hybridized carbons (Fsp3) is 0.179. The quantitative estimate of drug-likeness (QED) is 0.389. The van der Waals surface area contributed by atoms with Crippen LogP contribution in [0.25, 0.3) is 16.6 Å². The zero-order valence-electron chi connectivity index (χ0n) is 20.7. The molecular formula is C28H24FN7O2. The fourth-order valence-corrected chi connectivity index (χ4v) is 5.03. The number of nitrogens with one attached hydrogen (secondary N) is 1. The van der Waals surface area contributed by atoms with Gasteiger partial charge in [-0.25, -0.2) is 9.07 Å². The third-order valence-electron chi connectivity index (χ3n) is 6.94. The summed E-state index contributed by atoms with van der Waals surface area (Å²) in [7, 11) is 1.81. The number of pyridine rings is 1. The van der Waals surface area contributed by atoms with E-state index in [9.17, 15) is 14.0 Å². The second-order valence-electron chi connectivity index (χ2n) is 9.37. The Balaban J connectivity index is 1.39. The van der Waals surface area contributed by atoms with Gasteiger partial charge >= 0.3 is 0 Å². The number of amides is 2. The molecule has 0 radical (unpaired) electrons. The van der Waals surface area contributed by atoms with Gasteiger partial charge in [0, 0.05) is 36.7 Å². The molecule has 1 aliphatic rings. The Bertz CT molecular complexity index is 1650. The molecule has 9 nitrogen and oxygen atoms in total. The van der Waals surface area contributed by atoms with Gasteiger partial charge in [-0.1, -0.05) is 6.92 Å². The van der Waals surface area contributed by atoms with Gasteiger partial charge in [0.05, 0.1) is 40.6 Å². The van der Waals surface area contributed by atoms with Gasteiger partial charge in [0.2, 0.25) is 5.91 Å². The molecule has 2 aromatic carbocycles. The van der Waals surface area contributed by atoms with Crippen molar-refractivity contribution in [3.8, 4) is 5.69 Å². The summed E-state index contributed by atoms with van der Waals surface area (Å²) in [4.78, 5) is 32.5. The zero-order chi connectivity index (χ0) is 26.4. The standard InChI is InChI=1S/C28H24FN7O2/c1-17-25(32-27(37)18-4-3-12-30-15-18)26(23-11-13-34(2)33-23)35(28(17)38)22-9-10-24-19(14-22)16-31-36(24)21-7-5-20(29)6-8-21/h3-17,25-26H,1-2H3,(H,32,37). The van der Waals surface area contributed by atoms with Gasteiger partial charge in [0.1, 0.15) is 11.9 Å². The first-order valence-electron chi connectivity index (χ1n) is 12.2. The molecular weight excluding hydrogens is 485 g/mol. The van der Waals surface area contributed by atoms with E-state index in [1.165, 1.54) is 18.3 Å². The molecule has 6 rings (SSSR count). The fourth-order valence-electron chi connectivity index (χ4n) is 5.03. The van der Waals surface area contributed by atoms with E-state index in [0.29, 0.717) is 16.9 Å². The van der Waals surface area contributed by atoms with Crippen molar-refractivity contribution in [3.05, 3.63) is 103 Å². The van der Waals surface area contributed by atoms with Gasteiger partial charge in [-0.3, -0.25) is 19.3 Å². The number of carbonyl (C=O) groups is 2. The van der Waals surface area contributed by atoms with Crippen molar-refractivity contribution < 1.29 is 14.0 Å². The molecule has 4 heterocycles. The van der Waals surface area contributed by atoms with Crippen molar-refractivity contribution in [2.45, 2.75) is 19.0 Å². The van der Waals surface area contributed by atoms with Gasteiger partial charge in [0.15, 0.2) is 0 Å². The molecule has 0 saturated carbocycles. The molecule has 10 heteroatoms. The Morgan fingerprint density at radius 1 is 1.03 bits per heavy atom. The van der Waals surface area contributed by atoms with Crippen molar-refractivity contribution in [2.24, 2.45) is 13.0 Å². The molecule has 2 amide bonds. The van der Waals surface area contributed by atoms with Crippen LogP contribution in [0, 0.1) is 11.7 Å². The average Bonchev–Trinajstić information content (AvgIpc) is 3.62. The molecule has 38 heavy (non-hydrogen) atoms. The smallest absolute Gasteiger partial charge is 0.253 e. The van der Waals surface area contributed by atoms with Gasteiger partial charge < -0.3 is 10.2 Å². The van der Waals surface area contributed by atoms with Crippen LogP contribution in [0.15, 0.2) is 85.5 Å². The number of carbonyl (C=O) groups excluding carboxylic acids is 2. The number of rotatable bonds is 5. The molecule has 3 atom stereocenters. The summed E-state index contributed by atoms with van der Waals surface area (Å²) in [6, 6.07) is 15.9. The van der Waals surface area contributed by atoms with Crippen molar-refractivity contribution in [1.29, 1.82) is 0 Å². The van der Waals surface area contributed by atoms with Crippen LogP contribution in [0.1, 0.15) is 29.0 Å². The monoisotopic (exact) mass is 509 g/mol. The molecule has 190 valence electrons. The number of aryl methyl sites for hydroxylation is 1. The minimum absolute atomic E-state index is 0.123. The van der Waals surface area contributed by atoms with Crippen molar-refractivity contribution in [2.75, 3.05) is 4.90 Å². The first-order valence-corrected chi connectivity index (χ1v) is 12.2. The highest BCUT2D eigenvalue weighted by Crippen LogP contribution is 2.40. The number of hydrogen-bond donors (Lipinski definition) is 1. The minimum Gasteiger partial charge on any atom is -0.346 e. The summed E-state index contributed by atoms with van der Waals surface area (Å²) in [6.45, 7) is 1.82. The van der Waals surface area contributed by atoms with Crippen LogP contribution in [-0.2, 0) is 11.8 Å². The number of aromatic nitrogens is 5. The largest absolute Gasteiger partial charge is 0.346 e. The number of nitrogens with zero attached hydrogens (tertiary/aromatic N) is 6. The van der Waals surface area contributed by atoms with E-state index in [1.807, 2.05) is 44.4 Å². The Hall–Kier alpha value is -4.86. The second-order valence-corrected chi connectivity index (χ2v) is 9.37. The minimum atomic E-state index is -0.525. The highest BCUT2D eigenvalue weighted by atomic mass is 19.1. The topological polar surface area (TPSA) is 97.9 Å². The Morgan fingerprint density at radius 2 is 1.82 bits per heavy atom. The predicted molar refractivity (Wildman–Crippen MR) is 139 cm³/mol. The van der Waals surface area contributed by atoms with E-state index in [0.717, 1.165) is 16.6 Å². The average molecular weight is 510 g/mol. The molecule has 1 aliphatic heterocycles. The molecule has 3 aromatic heterocycles. The molecule has 1 saturated heterocycles. The highest BCUT2D eigenvalue weighted by Gasteiger charge is 2.49. The lowest BCUT2D eigenvalue weighted by Gasteiger charge is -2.27. The number of halogens is 1. The lowest BCUT2D eigenvalue weighted by atomic mass is 9.97. The third kappa shape index (κ3) is 4.00. The van der Waals surface area contributed by atoms with E-state index >= 15 is 0 Å². The third-order valence-corrected chi connectivity index (χ3v) is 6.94. The molecule has 0 bridgehead atoms. The first-order chi connectivity index (χ1) is 18.4. The van der Waals surface area contributed by atoms with E-state index in [2.05, 4.69) is 20.5 Å². The second kappa shape index (κ2) is 9.22. The number of benzene rings is 2. The van der Waals surface area contributed by atoms with Crippen LogP contribution in [0.4, 0.5) is 10.1 Å². The van der Waals surface area contributed by atoms with E-state index in [4.69, 9.17) is 0 Å². The summed E-state index contributed by atoms with van der Waals surface area (Å²) < 4.78 is 16.8. The van der Waals surface area contributed by atoms with Crippen molar-refractivity contribution >= 4 is 28.4 Å². The molecule has 5 aromatic rings. The van der Waals surface area contributed by atoms with Crippen LogP contribution >= 0.6 is 0 Å². The summed E-state index contributed by atoms with van der Waals surface area (Å²) >= 11 is 0. The maximum absolute atomic E-state index is 13.7. The Kier molecular flexibility index (Phi) is 5.71. The van der Waals surface area contributed by atoms with Crippen LogP contribution in [0.5, 0.6) is 0 Å². The van der Waals surface area contributed by atoms with E-state index in [-0.39, 0.29) is 17.6 Å². The van der Waals surface area contributed by atoms with Gasteiger partial charge in [-0.15, -0.1) is 0 Å². The summed E-state index contributed by atoms with van der Waals surface area (Å²) in [5, 5.41) is 12.9. The van der Waals surface area contributed by atoms with Crippen LogP contribution in [0.3, 0.4) is 0 Å². The van der Waals surface area contributed by atoms with Gasteiger partial charge in [0.25, 0.3) is 5.91 Å². The molecule has 3 unspecified atom stereocenters. The predicted octanol–water partition coefficient (Wildman–Crippen LogP) is 3.82. The summed E-state index contributed by atoms with van der Waals surface area (Å²) in [5.74, 6) is -1.25. The normalized spacial score (nSPS) is 19.3. The lowest BCUT2D eigenvalue weighted by molar-refractivity contribution is -0.120. The number of fused-ring (bicyclic) bond motifs is 1. The van der Waals surface area contributed by atoms with Gasteiger partial charge in [-0.2, -0.15) is 10.2 Å².